The van der Waals surface area contributed by atoms with E-state index in [1.807, 2.05) is 45.0 Å². The highest BCUT2D eigenvalue weighted by atomic mass is 16.5. The Balaban J connectivity index is 1.53. The quantitative estimate of drug-likeness (QED) is 0.689. The molecule has 1 aromatic rings. The number of carbonyl (C=O) groups is 2. The van der Waals surface area contributed by atoms with Crippen LogP contribution >= 0.6 is 0 Å². The van der Waals surface area contributed by atoms with Crippen LogP contribution in [0, 0.1) is 5.41 Å². The minimum atomic E-state index is -0.436. The van der Waals surface area contributed by atoms with Crippen molar-refractivity contribution >= 4 is 17.5 Å². The van der Waals surface area contributed by atoms with Gasteiger partial charge in [0.05, 0.1) is 18.6 Å². The number of hydrogen-bond donors (Lipinski definition) is 2. The number of ether oxygens (including phenoxy) is 1. The van der Waals surface area contributed by atoms with Gasteiger partial charge in [-0.05, 0) is 43.5 Å². The summed E-state index contributed by atoms with van der Waals surface area (Å²) in [6.45, 7) is 11.0. The second-order valence-corrected chi connectivity index (χ2v) is 9.28. The van der Waals surface area contributed by atoms with Crippen LogP contribution in [-0.4, -0.2) is 56.1 Å². The first kappa shape index (κ1) is 21.8. The summed E-state index contributed by atoms with van der Waals surface area (Å²) in [5, 5.41) is 6.11. The van der Waals surface area contributed by atoms with Gasteiger partial charge in [0.15, 0.2) is 0 Å². The average Bonchev–Trinajstić information content (AvgIpc) is 2.66. The lowest BCUT2D eigenvalue weighted by atomic mass is 9.63. The van der Waals surface area contributed by atoms with Crippen molar-refractivity contribution in [2.24, 2.45) is 5.41 Å². The second-order valence-electron chi connectivity index (χ2n) is 9.28. The number of nitrogens with one attached hydrogen (secondary N) is 2. The summed E-state index contributed by atoms with van der Waals surface area (Å²) in [6.07, 6.45) is 3.80. The van der Waals surface area contributed by atoms with Gasteiger partial charge in [0, 0.05) is 30.7 Å². The highest BCUT2D eigenvalue weighted by Crippen LogP contribution is 2.44. The fraction of sp³-hybridized carbons (Fsp3) is 0.652. The molecule has 1 aliphatic carbocycles. The molecule has 0 spiro atoms. The van der Waals surface area contributed by atoms with Gasteiger partial charge in [0.2, 0.25) is 11.8 Å². The van der Waals surface area contributed by atoms with Gasteiger partial charge in [-0.2, -0.15) is 0 Å². The van der Waals surface area contributed by atoms with E-state index in [0.717, 1.165) is 69.8 Å². The molecule has 1 saturated heterocycles. The third-order valence-electron chi connectivity index (χ3n) is 6.06. The molecule has 0 bridgehead atoms. The Morgan fingerprint density at radius 3 is 2.31 bits per heavy atom. The van der Waals surface area contributed by atoms with Gasteiger partial charge in [0.25, 0.3) is 0 Å². The summed E-state index contributed by atoms with van der Waals surface area (Å²) in [5.74, 6) is 0.124. The van der Waals surface area contributed by atoms with E-state index in [2.05, 4.69) is 15.5 Å². The molecule has 6 nitrogen and oxygen atoms in total. The topological polar surface area (TPSA) is 70.7 Å². The van der Waals surface area contributed by atoms with E-state index < -0.39 is 10.8 Å². The minimum absolute atomic E-state index is 0.0124. The number of nitrogens with zero attached hydrogens (tertiary/aromatic N) is 1. The van der Waals surface area contributed by atoms with Crippen molar-refractivity contribution in [1.82, 2.24) is 10.2 Å². The number of amides is 2. The van der Waals surface area contributed by atoms with E-state index in [1.54, 1.807) is 0 Å². The van der Waals surface area contributed by atoms with Gasteiger partial charge >= 0.3 is 0 Å². The molecule has 3 rings (SSSR count). The van der Waals surface area contributed by atoms with E-state index >= 15 is 0 Å². The first-order chi connectivity index (χ1) is 13.8. The predicted molar refractivity (Wildman–Crippen MR) is 115 cm³/mol. The van der Waals surface area contributed by atoms with Crippen LogP contribution < -0.4 is 10.6 Å². The molecule has 2 fully saturated rings. The lowest BCUT2D eigenvalue weighted by molar-refractivity contribution is -0.130. The maximum absolute atomic E-state index is 13.0. The third kappa shape index (κ3) is 5.37. The van der Waals surface area contributed by atoms with Crippen LogP contribution in [0.4, 0.5) is 5.69 Å². The normalized spacial score (nSPS) is 19.3. The zero-order valence-electron chi connectivity index (χ0n) is 18.1. The molecule has 1 heterocycles. The Kier molecular flexibility index (Phi) is 6.96. The van der Waals surface area contributed by atoms with Crippen molar-refractivity contribution in [2.75, 3.05) is 44.7 Å². The molecule has 2 amide bonds. The van der Waals surface area contributed by atoms with Crippen LogP contribution in [0.2, 0.25) is 0 Å². The number of anilines is 1. The van der Waals surface area contributed by atoms with Crippen molar-refractivity contribution in [1.29, 1.82) is 0 Å². The molecule has 0 aromatic heterocycles. The van der Waals surface area contributed by atoms with Crippen LogP contribution in [0.25, 0.3) is 0 Å². The van der Waals surface area contributed by atoms with Gasteiger partial charge in [0.1, 0.15) is 0 Å². The van der Waals surface area contributed by atoms with Gasteiger partial charge in [-0.1, -0.05) is 39.3 Å². The molecule has 1 saturated carbocycles. The zero-order chi connectivity index (χ0) is 20.9. The summed E-state index contributed by atoms with van der Waals surface area (Å²) in [4.78, 5) is 27.5. The van der Waals surface area contributed by atoms with Crippen molar-refractivity contribution in [3.05, 3.63) is 29.8 Å². The Morgan fingerprint density at radius 1 is 1.10 bits per heavy atom. The van der Waals surface area contributed by atoms with Gasteiger partial charge in [-0.25, -0.2) is 0 Å². The summed E-state index contributed by atoms with van der Waals surface area (Å²) in [5.41, 5.74) is 0.970. The van der Waals surface area contributed by atoms with Gasteiger partial charge < -0.3 is 15.4 Å². The van der Waals surface area contributed by atoms with E-state index in [9.17, 15) is 9.59 Å². The predicted octanol–water partition coefficient (Wildman–Crippen LogP) is 2.93. The Bertz CT molecular complexity index is 699. The molecule has 0 radical (unpaired) electrons. The number of morpholine rings is 1. The highest BCUT2D eigenvalue weighted by molar-refractivity contribution is 5.94. The molecule has 2 N–H and O–H groups in total. The smallest absolute Gasteiger partial charge is 0.230 e. The summed E-state index contributed by atoms with van der Waals surface area (Å²) < 4.78 is 5.37. The maximum Gasteiger partial charge on any atom is 0.230 e. The molecule has 160 valence electrons. The summed E-state index contributed by atoms with van der Waals surface area (Å²) in [7, 11) is 0. The molecular weight excluding hydrogens is 366 g/mol. The minimum Gasteiger partial charge on any atom is -0.379 e. The number of carbonyl (C=O) groups excluding carboxylic acids is 2. The molecule has 0 atom stereocenters. The third-order valence-corrected chi connectivity index (χ3v) is 6.06. The standard InChI is InChI=1S/C23H35N3O3/c1-22(2,3)20(27)25-19-8-6-18(7-9-19)23(10-4-11-23)21(28)24-12-5-13-26-14-16-29-17-15-26/h6-9H,4-5,10-17H2,1-3H3,(H,24,28)(H,25,27). The van der Waals surface area contributed by atoms with E-state index in [-0.39, 0.29) is 11.8 Å². The largest absolute Gasteiger partial charge is 0.379 e. The Hall–Kier alpha value is -1.92. The van der Waals surface area contributed by atoms with Gasteiger partial charge in [-0.3, -0.25) is 14.5 Å². The van der Waals surface area contributed by atoms with Crippen molar-refractivity contribution in [2.45, 2.75) is 51.9 Å². The number of rotatable bonds is 7. The van der Waals surface area contributed by atoms with Crippen molar-refractivity contribution in [3.63, 3.8) is 0 Å². The summed E-state index contributed by atoms with van der Waals surface area (Å²) >= 11 is 0. The van der Waals surface area contributed by atoms with Crippen LogP contribution in [0.5, 0.6) is 0 Å². The lowest BCUT2D eigenvalue weighted by Crippen LogP contribution is -2.49. The fourth-order valence-corrected chi connectivity index (χ4v) is 3.87. The maximum atomic E-state index is 13.0. The molecule has 29 heavy (non-hydrogen) atoms. The van der Waals surface area contributed by atoms with Crippen LogP contribution in [0.3, 0.4) is 0 Å². The van der Waals surface area contributed by atoms with E-state index in [0.29, 0.717) is 6.54 Å². The van der Waals surface area contributed by atoms with Crippen molar-refractivity contribution in [3.8, 4) is 0 Å². The van der Waals surface area contributed by atoms with Crippen molar-refractivity contribution < 1.29 is 14.3 Å². The number of benzene rings is 1. The van der Waals surface area contributed by atoms with E-state index in [4.69, 9.17) is 4.74 Å². The SMILES string of the molecule is CC(C)(C)C(=O)Nc1ccc(C2(C(=O)NCCCN3CCOCC3)CCC2)cc1. The first-order valence-corrected chi connectivity index (χ1v) is 10.8. The monoisotopic (exact) mass is 401 g/mol. The van der Waals surface area contributed by atoms with Crippen LogP contribution in [-0.2, 0) is 19.7 Å². The molecule has 2 aliphatic rings. The Labute approximate surface area is 174 Å². The molecule has 6 heteroatoms. The van der Waals surface area contributed by atoms with Crippen LogP contribution in [0.15, 0.2) is 24.3 Å². The van der Waals surface area contributed by atoms with Crippen LogP contribution in [0.1, 0.15) is 52.0 Å². The fourth-order valence-electron chi connectivity index (χ4n) is 3.87. The molecule has 1 aliphatic heterocycles. The highest BCUT2D eigenvalue weighted by Gasteiger charge is 2.45. The first-order valence-electron chi connectivity index (χ1n) is 10.8. The lowest BCUT2D eigenvalue weighted by Gasteiger charge is -2.41. The summed E-state index contributed by atoms with van der Waals surface area (Å²) in [6, 6.07) is 7.80. The van der Waals surface area contributed by atoms with Gasteiger partial charge in [-0.15, -0.1) is 0 Å². The zero-order valence-corrected chi connectivity index (χ0v) is 18.1. The molecule has 1 aromatic carbocycles. The Morgan fingerprint density at radius 2 is 1.76 bits per heavy atom. The average molecular weight is 402 g/mol. The molecular formula is C23H35N3O3. The number of hydrogen-bond acceptors (Lipinski definition) is 4. The van der Waals surface area contributed by atoms with E-state index in [1.165, 1.54) is 0 Å². The molecule has 0 unspecified atom stereocenters. The second kappa shape index (κ2) is 9.26.